The SMILES string of the molecule is CC(C)CNC(=O)NCC1Cn2cccc2CN1Cc1ccccc1. The van der Waals surface area contributed by atoms with Gasteiger partial charge in [0.1, 0.15) is 0 Å². The van der Waals surface area contributed by atoms with Crippen molar-refractivity contribution in [2.75, 3.05) is 13.1 Å². The van der Waals surface area contributed by atoms with E-state index >= 15 is 0 Å². The summed E-state index contributed by atoms with van der Waals surface area (Å²) in [7, 11) is 0. The number of urea groups is 1. The number of hydrogen-bond donors (Lipinski definition) is 2. The summed E-state index contributed by atoms with van der Waals surface area (Å²) in [5.74, 6) is 0.456. The van der Waals surface area contributed by atoms with E-state index < -0.39 is 0 Å². The van der Waals surface area contributed by atoms with Crippen LogP contribution in [0.1, 0.15) is 25.1 Å². The Hall–Kier alpha value is -2.27. The van der Waals surface area contributed by atoms with Crippen LogP contribution >= 0.6 is 0 Å². The summed E-state index contributed by atoms with van der Waals surface area (Å²) in [5, 5.41) is 5.97. The molecule has 1 aliphatic rings. The Bertz CT molecular complexity index is 680. The highest BCUT2D eigenvalue weighted by atomic mass is 16.2. The number of benzene rings is 1. The zero-order chi connectivity index (χ0) is 17.6. The molecule has 2 N–H and O–H groups in total. The maximum atomic E-state index is 12.0. The van der Waals surface area contributed by atoms with Crippen LogP contribution in [0.5, 0.6) is 0 Å². The maximum Gasteiger partial charge on any atom is 0.314 e. The number of aromatic nitrogens is 1. The van der Waals surface area contributed by atoms with Gasteiger partial charge in [-0.25, -0.2) is 4.79 Å². The van der Waals surface area contributed by atoms with Gasteiger partial charge in [0, 0.05) is 50.7 Å². The average molecular weight is 340 g/mol. The van der Waals surface area contributed by atoms with E-state index in [9.17, 15) is 4.79 Å². The average Bonchev–Trinajstić information content (AvgIpc) is 3.06. The Labute approximate surface area is 150 Å². The third-order valence-electron chi connectivity index (χ3n) is 4.61. The molecule has 0 fully saturated rings. The van der Waals surface area contributed by atoms with Crippen molar-refractivity contribution in [2.24, 2.45) is 5.92 Å². The van der Waals surface area contributed by atoms with Crippen molar-refractivity contribution in [3.05, 3.63) is 59.9 Å². The van der Waals surface area contributed by atoms with Crippen LogP contribution in [0.3, 0.4) is 0 Å². The highest BCUT2D eigenvalue weighted by Gasteiger charge is 2.26. The third-order valence-corrected chi connectivity index (χ3v) is 4.61. The van der Waals surface area contributed by atoms with Gasteiger partial charge in [-0.1, -0.05) is 44.2 Å². The molecule has 1 unspecified atom stereocenters. The summed E-state index contributed by atoms with van der Waals surface area (Å²) in [6, 6.07) is 15.0. The zero-order valence-corrected chi connectivity index (χ0v) is 15.1. The van der Waals surface area contributed by atoms with E-state index in [1.54, 1.807) is 0 Å². The second kappa shape index (κ2) is 8.21. The van der Waals surface area contributed by atoms with Gasteiger partial charge in [0.25, 0.3) is 0 Å². The fourth-order valence-electron chi connectivity index (χ4n) is 3.22. The van der Waals surface area contributed by atoms with E-state index in [1.165, 1.54) is 11.3 Å². The van der Waals surface area contributed by atoms with Crippen molar-refractivity contribution in [3.63, 3.8) is 0 Å². The molecule has 1 aromatic heterocycles. The minimum Gasteiger partial charge on any atom is -0.349 e. The molecule has 1 aliphatic heterocycles. The molecule has 0 aliphatic carbocycles. The first-order valence-electron chi connectivity index (χ1n) is 9.05. The second-order valence-corrected chi connectivity index (χ2v) is 7.18. The van der Waals surface area contributed by atoms with Crippen molar-refractivity contribution >= 4 is 6.03 Å². The summed E-state index contributed by atoms with van der Waals surface area (Å²) >= 11 is 0. The molecule has 1 aromatic carbocycles. The van der Waals surface area contributed by atoms with Crippen molar-refractivity contribution in [1.82, 2.24) is 20.1 Å². The first-order chi connectivity index (χ1) is 12.1. The van der Waals surface area contributed by atoms with Gasteiger partial charge in [0.15, 0.2) is 0 Å². The lowest BCUT2D eigenvalue weighted by Crippen LogP contribution is -2.50. The van der Waals surface area contributed by atoms with E-state index in [4.69, 9.17) is 0 Å². The summed E-state index contributed by atoms with van der Waals surface area (Å²) in [6.45, 7) is 8.24. The summed E-state index contributed by atoms with van der Waals surface area (Å²) in [5.41, 5.74) is 2.63. The maximum absolute atomic E-state index is 12.0. The van der Waals surface area contributed by atoms with Crippen LogP contribution in [0.25, 0.3) is 0 Å². The molecule has 0 bridgehead atoms. The summed E-state index contributed by atoms with van der Waals surface area (Å²) in [4.78, 5) is 14.5. The second-order valence-electron chi connectivity index (χ2n) is 7.18. The Balaban J connectivity index is 1.63. The van der Waals surface area contributed by atoms with Gasteiger partial charge in [-0.15, -0.1) is 0 Å². The highest BCUT2D eigenvalue weighted by molar-refractivity contribution is 5.73. The standard InChI is InChI=1S/C20H28N4O/c1-16(2)11-21-20(25)22-12-19-15-23-10-6-9-18(23)14-24(19)13-17-7-4-3-5-8-17/h3-10,16,19H,11-15H2,1-2H3,(H2,21,22,25). The Morgan fingerprint density at radius 1 is 1.16 bits per heavy atom. The fraction of sp³-hybridized carbons (Fsp3) is 0.450. The number of amides is 2. The van der Waals surface area contributed by atoms with E-state index in [-0.39, 0.29) is 12.1 Å². The molecule has 0 spiro atoms. The fourth-order valence-corrected chi connectivity index (χ4v) is 3.22. The van der Waals surface area contributed by atoms with E-state index in [0.717, 1.165) is 19.6 Å². The summed E-state index contributed by atoms with van der Waals surface area (Å²) < 4.78 is 2.29. The molecule has 1 atom stereocenters. The van der Waals surface area contributed by atoms with Crippen LogP contribution in [-0.4, -0.2) is 34.6 Å². The van der Waals surface area contributed by atoms with Crippen LogP contribution in [0.4, 0.5) is 4.79 Å². The first kappa shape index (κ1) is 17.5. The third kappa shape index (κ3) is 4.86. The molecule has 0 saturated heterocycles. The number of hydrogen-bond acceptors (Lipinski definition) is 2. The van der Waals surface area contributed by atoms with Crippen LogP contribution in [-0.2, 0) is 19.6 Å². The van der Waals surface area contributed by atoms with Crippen LogP contribution in [0.15, 0.2) is 48.7 Å². The number of fused-ring (bicyclic) bond motifs is 1. The molecule has 0 radical (unpaired) electrons. The molecule has 134 valence electrons. The van der Waals surface area contributed by atoms with Gasteiger partial charge in [0.05, 0.1) is 0 Å². The van der Waals surface area contributed by atoms with Crippen molar-refractivity contribution in [2.45, 2.75) is 39.5 Å². The molecule has 3 rings (SSSR count). The van der Waals surface area contributed by atoms with Gasteiger partial charge in [-0.05, 0) is 23.6 Å². The van der Waals surface area contributed by atoms with E-state index in [2.05, 4.69) is 76.5 Å². The molecule has 25 heavy (non-hydrogen) atoms. The molecule has 5 nitrogen and oxygen atoms in total. The van der Waals surface area contributed by atoms with Crippen LogP contribution in [0, 0.1) is 5.92 Å². The van der Waals surface area contributed by atoms with Crippen LogP contribution < -0.4 is 10.6 Å². The predicted octanol–water partition coefficient (Wildman–Crippen LogP) is 2.83. The van der Waals surface area contributed by atoms with Gasteiger partial charge in [-0.2, -0.15) is 0 Å². The van der Waals surface area contributed by atoms with Gasteiger partial charge >= 0.3 is 6.03 Å². The number of nitrogens with one attached hydrogen (secondary N) is 2. The zero-order valence-electron chi connectivity index (χ0n) is 15.1. The number of nitrogens with zero attached hydrogens (tertiary/aromatic N) is 2. The normalized spacial score (nSPS) is 17.3. The van der Waals surface area contributed by atoms with Gasteiger partial charge in [0.2, 0.25) is 0 Å². The first-order valence-corrected chi connectivity index (χ1v) is 9.05. The molecule has 0 saturated carbocycles. The highest BCUT2D eigenvalue weighted by Crippen LogP contribution is 2.20. The molecular weight excluding hydrogens is 312 g/mol. The predicted molar refractivity (Wildman–Crippen MR) is 100 cm³/mol. The number of carbonyl (C=O) groups excluding carboxylic acids is 1. The minimum absolute atomic E-state index is 0.0772. The molecule has 5 heteroatoms. The topological polar surface area (TPSA) is 49.3 Å². The van der Waals surface area contributed by atoms with E-state index in [0.29, 0.717) is 19.0 Å². The molecule has 2 amide bonds. The monoisotopic (exact) mass is 340 g/mol. The molecule has 2 heterocycles. The van der Waals surface area contributed by atoms with Crippen molar-refractivity contribution in [3.8, 4) is 0 Å². The Morgan fingerprint density at radius 3 is 2.72 bits per heavy atom. The van der Waals surface area contributed by atoms with Gasteiger partial charge < -0.3 is 15.2 Å². The Kier molecular flexibility index (Phi) is 5.76. The minimum atomic E-state index is -0.0772. The summed E-state index contributed by atoms with van der Waals surface area (Å²) in [6.07, 6.45) is 2.13. The van der Waals surface area contributed by atoms with Crippen LogP contribution in [0.2, 0.25) is 0 Å². The Morgan fingerprint density at radius 2 is 1.96 bits per heavy atom. The largest absolute Gasteiger partial charge is 0.349 e. The molecule has 2 aromatic rings. The quantitative estimate of drug-likeness (QED) is 0.849. The number of carbonyl (C=O) groups is 1. The lowest BCUT2D eigenvalue weighted by molar-refractivity contribution is 0.130. The lowest BCUT2D eigenvalue weighted by atomic mass is 10.1. The lowest BCUT2D eigenvalue weighted by Gasteiger charge is -2.37. The smallest absolute Gasteiger partial charge is 0.314 e. The van der Waals surface area contributed by atoms with Crippen molar-refractivity contribution < 1.29 is 4.79 Å². The van der Waals surface area contributed by atoms with E-state index in [1.807, 2.05) is 6.07 Å². The molecular formula is C20H28N4O. The van der Waals surface area contributed by atoms with Gasteiger partial charge in [-0.3, -0.25) is 4.90 Å². The number of rotatable bonds is 6. The van der Waals surface area contributed by atoms with Crippen molar-refractivity contribution in [1.29, 1.82) is 0 Å².